The molecule has 1 atom stereocenters. The fourth-order valence-corrected chi connectivity index (χ4v) is 3.81. The number of thiazole rings is 1. The predicted molar refractivity (Wildman–Crippen MR) is 108 cm³/mol. The van der Waals surface area contributed by atoms with Crippen LogP contribution in [-0.2, 0) is 9.53 Å². The lowest BCUT2D eigenvalue weighted by Gasteiger charge is -2.03. The zero-order valence-electron chi connectivity index (χ0n) is 15.8. The maximum Gasteiger partial charge on any atom is 0.306 e. The molecule has 2 aromatic carbocycles. The molecule has 8 heteroatoms. The minimum atomic E-state index is -0.434. The summed E-state index contributed by atoms with van der Waals surface area (Å²) in [7, 11) is 1.31. The molecule has 0 N–H and O–H groups in total. The lowest BCUT2D eigenvalue weighted by Crippen LogP contribution is -2.06. The summed E-state index contributed by atoms with van der Waals surface area (Å²) in [6.07, 6.45) is 0.0930. The summed E-state index contributed by atoms with van der Waals surface area (Å²) in [5, 5.41) is 8.00. The molecule has 7 nitrogen and oxygen atoms in total. The zero-order chi connectivity index (χ0) is 20.4. The van der Waals surface area contributed by atoms with Gasteiger partial charge in [-0.05, 0) is 23.3 Å². The molecule has 4 aromatic rings. The number of aromatic nitrogens is 3. The number of ether oxygens (including phenoxy) is 1. The Kier molecular flexibility index (Phi) is 5.18. The third kappa shape index (κ3) is 3.93. The maximum atomic E-state index is 12.7. The van der Waals surface area contributed by atoms with E-state index in [1.807, 2.05) is 48.5 Å². The Balaban J connectivity index is 1.58. The standard InChI is InChI=1S/C21H17N3O4S/c1-12(10-17(25)27-2)19-23-24-20(28-19)18(26)21-22-15-9-8-14(11-16(15)29-21)13-6-4-3-5-7-13/h3-9,11-12H,10H2,1-2H3/t12-/m1/s1. The molecule has 0 aliphatic rings. The van der Waals surface area contributed by atoms with Gasteiger partial charge in [-0.3, -0.25) is 9.59 Å². The van der Waals surface area contributed by atoms with E-state index in [1.165, 1.54) is 18.4 Å². The monoisotopic (exact) mass is 407 g/mol. The van der Waals surface area contributed by atoms with Gasteiger partial charge in [0, 0.05) is 5.92 Å². The van der Waals surface area contributed by atoms with Crippen LogP contribution in [0.3, 0.4) is 0 Å². The molecule has 0 spiro atoms. The third-order valence-corrected chi connectivity index (χ3v) is 5.46. The van der Waals surface area contributed by atoms with Crippen LogP contribution in [0.1, 0.15) is 40.8 Å². The van der Waals surface area contributed by atoms with Gasteiger partial charge >= 0.3 is 5.97 Å². The molecule has 2 aromatic heterocycles. The highest BCUT2D eigenvalue weighted by Crippen LogP contribution is 2.29. The molecule has 29 heavy (non-hydrogen) atoms. The number of carbonyl (C=O) groups excluding carboxylic acids is 2. The highest BCUT2D eigenvalue weighted by molar-refractivity contribution is 7.20. The molecule has 0 bridgehead atoms. The second kappa shape index (κ2) is 7.92. The van der Waals surface area contributed by atoms with E-state index in [1.54, 1.807) is 6.92 Å². The Morgan fingerprint density at radius 1 is 1.10 bits per heavy atom. The number of hydrogen-bond donors (Lipinski definition) is 0. The van der Waals surface area contributed by atoms with Gasteiger partial charge in [0.2, 0.25) is 5.89 Å². The van der Waals surface area contributed by atoms with E-state index in [9.17, 15) is 9.59 Å². The zero-order valence-corrected chi connectivity index (χ0v) is 16.6. The Bertz CT molecular complexity index is 1180. The molecule has 0 aliphatic heterocycles. The van der Waals surface area contributed by atoms with Crippen molar-refractivity contribution in [3.8, 4) is 11.1 Å². The van der Waals surface area contributed by atoms with E-state index < -0.39 is 5.78 Å². The van der Waals surface area contributed by atoms with Crippen LogP contribution in [0.2, 0.25) is 0 Å². The molecular weight excluding hydrogens is 390 g/mol. The van der Waals surface area contributed by atoms with Crippen molar-refractivity contribution in [2.45, 2.75) is 19.3 Å². The van der Waals surface area contributed by atoms with Gasteiger partial charge in [-0.15, -0.1) is 21.5 Å². The molecule has 4 rings (SSSR count). The summed E-state index contributed by atoms with van der Waals surface area (Å²) >= 11 is 1.28. The SMILES string of the molecule is COC(=O)C[C@@H](C)c1nnc(C(=O)c2nc3ccc(-c4ccccc4)cc3s2)o1. The van der Waals surface area contributed by atoms with Crippen LogP contribution >= 0.6 is 11.3 Å². The van der Waals surface area contributed by atoms with Crippen LogP contribution < -0.4 is 0 Å². The Morgan fingerprint density at radius 3 is 2.66 bits per heavy atom. The van der Waals surface area contributed by atoms with Crippen molar-refractivity contribution < 1.29 is 18.7 Å². The van der Waals surface area contributed by atoms with Gasteiger partial charge in [-0.2, -0.15) is 0 Å². The van der Waals surface area contributed by atoms with Crippen molar-refractivity contribution in [3.63, 3.8) is 0 Å². The van der Waals surface area contributed by atoms with Gasteiger partial charge in [0.05, 0.1) is 23.7 Å². The lowest BCUT2D eigenvalue weighted by atomic mass is 10.1. The van der Waals surface area contributed by atoms with Gasteiger partial charge in [-0.25, -0.2) is 4.98 Å². The molecule has 0 fully saturated rings. The van der Waals surface area contributed by atoms with Crippen molar-refractivity contribution in [3.05, 3.63) is 65.3 Å². The fraction of sp³-hybridized carbons (Fsp3) is 0.190. The number of ketones is 1. The Labute approximate surface area is 170 Å². The molecule has 0 radical (unpaired) electrons. The topological polar surface area (TPSA) is 95.2 Å². The van der Waals surface area contributed by atoms with Gasteiger partial charge in [0.25, 0.3) is 11.7 Å². The van der Waals surface area contributed by atoms with Crippen LogP contribution in [0, 0.1) is 0 Å². The number of hydrogen-bond acceptors (Lipinski definition) is 8. The fourth-order valence-electron chi connectivity index (χ4n) is 2.87. The summed E-state index contributed by atoms with van der Waals surface area (Å²) in [6, 6.07) is 15.9. The number of methoxy groups -OCH3 is 1. The van der Waals surface area contributed by atoms with E-state index >= 15 is 0 Å². The highest BCUT2D eigenvalue weighted by atomic mass is 32.1. The Hall–Kier alpha value is -3.39. The lowest BCUT2D eigenvalue weighted by molar-refractivity contribution is -0.141. The molecule has 0 saturated heterocycles. The maximum absolute atomic E-state index is 12.7. The molecule has 2 heterocycles. The third-order valence-electron chi connectivity index (χ3n) is 4.45. The van der Waals surface area contributed by atoms with Crippen molar-refractivity contribution in [2.75, 3.05) is 7.11 Å². The number of esters is 1. The molecule has 0 unspecified atom stereocenters. The van der Waals surface area contributed by atoms with Crippen LogP contribution in [-0.4, -0.2) is 34.0 Å². The first-order chi connectivity index (χ1) is 14.0. The van der Waals surface area contributed by atoms with Gasteiger partial charge in [-0.1, -0.05) is 43.3 Å². The largest absolute Gasteiger partial charge is 0.469 e. The summed E-state index contributed by atoms with van der Waals surface area (Å²) in [5.74, 6) is -1.09. The van der Waals surface area contributed by atoms with E-state index in [2.05, 4.69) is 19.9 Å². The number of benzene rings is 2. The van der Waals surface area contributed by atoms with Gasteiger partial charge < -0.3 is 9.15 Å². The molecule has 146 valence electrons. The summed E-state index contributed by atoms with van der Waals surface area (Å²) in [4.78, 5) is 28.6. The summed E-state index contributed by atoms with van der Waals surface area (Å²) in [6.45, 7) is 1.75. The smallest absolute Gasteiger partial charge is 0.306 e. The van der Waals surface area contributed by atoms with Crippen LogP contribution in [0.25, 0.3) is 21.3 Å². The summed E-state index contributed by atoms with van der Waals surface area (Å²) in [5.41, 5.74) is 2.88. The summed E-state index contributed by atoms with van der Waals surface area (Å²) < 4.78 is 11.0. The van der Waals surface area contributed by atoms with Crippen LogP contribution in [0.5, 0.6) is 0 Å². The molecule has 0 amide bonds. The molecular formula is C21H17N3O4S. The average molecular weight is 407 g/mol. The minimum absolute atomic E-state index is 0.0930. The first-order valence-electron chi connectivity index (χ1n) is 8.96. The number of rotatable bonds is 6. The van der Waals surface area contributed by atoms with E-state index in [0.717, 1.165) is 21.3 Å². The normalized spacial score (nSPS) is 12.1. The van der Waals surface area contributed by atoms with Crippen LogP contribution in [0.15, 0.2) is 52.9 Å². The Morgan fingerprint density at radius 2 is 1.90 bits per heavy atom. The van der Waals surface area contributed by atoms with E-state index in [4.69, 9.17) is 4.42 Å². The van der Waals surface area contributed by atoms with Crippen molar-refractivity contribution in [1.82, 2.24) is 15.2 Å². The minimum Gasteiger partial charge on any atom is -0.469 e. The second-order valence-corrected chi connectivity index (χ2v) is 7.55. The van der Waals surface area contributed by atoms with Crippen molar-refractivity contribution in [2.24, 2.45) is 0 Å². The van der Waals surface area contributed by atoms with Gasteiger partial charge in [0.1, 0.15) is 0 Å². The van der Waals surface area contributed by atoms with E-state index in [0.29, 0.717) is 0 Å². The highest BCUT2D eigenvalue weighted by Gasteiger charge is 2.24. The van der Waals surface area contributed by atoms with E-state index in [-0.39, 0.29) is 35.1 Å². The second-order valence-electron chi connectivity index (χ2n) is 6.52. The van der Waals surface area contributed by atoms with Crippen molar-refractivity contribution >= 4 is 33.3 Å². The predicted octanol–water partition coefficient (Wildman–Crippen LogP) is 4.24. The van der Waals surface area contributed by atoms with Crippen molar-refractivity contribution in [1.29, 1.82) is 0 Å². The number of nitrogens with zero attached hydrogens (tertiary/aromatic N) is 3. The van der Waals surface area contributed by atoms with Crippen LogP contribution in [0.4, 0.5) is 0 Å². The van der Waals surface area contributed by atoms with Gasteiger partial charge in [0.15, 0.2) is 5.01 Å². The number of fused-ring (bicyclic) bond motifs is 1. The first kappa shape index (κ1) is 18.9. The quantitative estimate of drug-likeness (QED) is 0.348. The first-order valence-corrected chi connectivity index (χ1v) is 9.77. The molecule has 0 aliphatic carbocycles. The molecule has 0 saturated carbocycles. The average Bonchev–Trinajstić information content (AvgIpc) is 3.40. The number of carbonyl (C=O) groups is 2.